The minimum absolute atomic E-state index is 0.245. The zero-order valence-corrected chi connectivity index (χ0v) is 11.1. The number of ether oxygens (including phenoxy) is 1. The number of nitrogens with two attached hydrogens (primary N) is 1. The molecule has 92 valence electrons. The van der Waals surface area contributed by atoms with Gasteiger partial charge in [0.2, 0.25) is 5.88 Å². The number of carboxylic acid groups (broad SMARTS) is 1. The highest BCUT2D eigenvalue weighted by Gasteiger charge is 2.13. The highest BCUT2D eigenvalue weighted by atomic mass is 79.9. The minimum atomic E-state index is -0.978. The van der Waals surface area contributed by atoms with Crippen LogP contribution in [0.2, 0.25) is 0 Å². The molecule has 0 radical (unpaired) electrons. The summed E-state index contributed by atoms with van der Waals surface area (Å²) in [6.45, 7) is 1.76. The van der Waals surface area contributed by atoms with Crippen molar-refractivity contribution in [3.8, 4) is 5.88 Å². The van der Waals surface area contributed by atoms with Gasteiger partial charge in [-0.1, -0.05) is 6.92 Å². The van der Waals surface area contributed by atoms with Gasteiger partial charge in [0.05, 0.1) is 22.8 Å². The predicted molar refractivity (Wildman–Crippen MR) is 68.8 cm³/mol. The van der Waals surface area contributed by atoms with Crippen LogP contribution in [-0.4, -0.2) is 23.2 Å². The second kappa shape index (κ2) is 5.67. The van der Waals surface area contributed by atoms with Crippen molar-refractivity contribution >= 4 is 33.7 Å². The van der Waals surface area contributed by atoms with E-state index in [9.17, 15) is 4.79 Å². The Hall–Kier alpha value is -1.56. The summed E-state index contributed by atoms with van der Waals surface area (Å²) in [6.07, 6.45) is 3.39. The number of nitrogen functional groups attached to an aromatic ring is 1. The number of nitrogens with zero attached hydrogens (tertiary/aromatic N) is 1. The van der Waals surface area contributed by atoms with Crippen molar-refractivity contribution in [2.45, 2.75) is 13.3 Å². The van der Waals surface area contributed by atoms with E-state index in [-0.39, 0.29) is 5.57 Å². The number of hydrogen-bond donors (Lipinski definition) is 2. The van der Waals surface area contributed by atoms with Crippen LogP contribution in [0.5, 0.6) is 5.88 Å². The normalized spacial score (nSPS) is 11.4. The molecule has 0 saturated heterocycles. The molecule has 17 heavy (non-hydrogen) atoms. The first-order chi connectivity index (χ1) is 8.01. The van der Waals surface area contributed by atoms with Gasteiger partial charge in [-0.15, -0.1) is 0 Å². The lowest BCUT2D eigenvalue weighted by Gasteiger charge is -2.09. The number of pyridine rings is 1. The molecule has 0 atom stereocenters. The molecule has 1 heterocycles. The molecule has 0 aliphatic rings. The first-order valence-electron chi connectivity index (χ1n) is 4.93. The maximum Gasteiger partial charge on any atom is 0.331 e. The third-order valence-electron chi connectivity index (χ3n) is 2.24. The zero-order chi connectivity index (χ0) is 13.0. The van der Waals surface area contributed by atoms with E-state index in [1.54, 1.807) is 6.92 Å². The Morgan fingerprint density at radius 3 is 2.82 bits per heavy atom. The number of halogens is 1. The van der Waals surface area contributed by atoms with E-state index >= 15 is 0 Å². The van der Waals surface area contributed by atoms with Gasteiger partial charge in [0.1, 0.15) is 0 Å². The van der Waals surface area contributed by atoms with E-state index in [1.165, 1.54) is 19.4 Å². The smallest absolute Gasteiger partial charge is 0.331 e. The lowest BCUT2D eigenvalue weighted by atomic mass is 10.1. The van der Waals surface area contributed by atoms with Crippen LogP contribution in [0.15, 0.2) is 16.2 Å². The van der Waals surface area contributed by atoms with Crippen LogP contribution >= 0.6 is 15.9 Å². The maximum atomic E-state index is 10.9. The van der Waals surface area contributed by atoms with Gasteiger partial charge in [-0.3, -0.25) is 0 Å². The summed E-state index contributed by atoms with van der Waals surface area (Å²) in [4.78, 5) is 15.0. The second-order valence-electron chi connectivity index (χ2n) is 3.27. The third-order valence-corrected chi connectivity index (χ3v) is 2.87. The van der Waals surface area contributed by atoms with Crippen molar-refractivity contribution in [3.05, 3.63) is 21.8 Å². The first kappa shape index (κ1) is 13.5. The molecule has 6 heteroatoms. The van der Waals surface area contributed by atoms with E-state index in [1.807, 2.05) is 0 Å². The van der Waals surface area contributed by atoms with E-state index in [4.69, 9.17) is 15.6 Å². The van der Waals surface area contributed by atoms with Gasteiger partial charge >= 0.3 is 5.97 Å². The van der Waals surface area contributed by atoms with Crippen LogP contribution in [0, 0.1) is 0 Å². The fourth-order valence-electron chi connectivity index (χ4n) is 1.29. The van der Waals surface area contributed by atoms with Gasteiger partial charge < -0.3 is 15.6 Å². The van der Waals surface area contributed by atoms with Crippen LogP contribution in [0.25, 0.3) is 6.08 Å². The summed E-state index contributed by atoms with van der Waals surface area (Å²) in [5, 5.41) is 8.98. The molecule has 0 aliphatic carbocycles. The predicted octanol–water partition coefficient (Wildman–Crippen LogP) is 2.31. The molecule has 0 aromatic carbocycles. The average Bonchev–Trinajstić information content (AvgIpc) is 2.30. The third kappa shape index (κ3) is 2.97. The van der Waals surface area contributed by atoms with E-state index in [0.29, 0.717) is 28.0 Å². The number of carbonyl (C=O) groups is 1. The van der Waals surface area contributed by atoms with Crippen molar-refractivity contribution in [2.75, 3.05) is 12.8 Å². The number of rotatable bonds is 4. The largest absolute Gasteiger partial charge is 0.481 e. The van der Waals surface area contributed by atoms with Gasteiger partial charge in [-0.05, 0) is 28.4 Å². The molecule has 0 fully saturated rings. The molecule has 0 spiro atoms. The first-order valence-corrected chi connectivity index (χ1v) is 5.72. The molecule has 5 nitrogen and oxygen atoms in total. The highest BCUT2D eigenvalue weighted by Crippen LogP contribution is 2.31. The van der Waals surface area contributed by atoms with E-state index < -0.39 is 5.97 Å². The molecule has 1 aromatic rings. The van der Waals surface area contributed by atoms with Gasteiger partial charge in [-0.2, -0.15) is 0 Å². The topological polar surface area (TPSA) is 85.4 Å². The summed E-state index contributed by atoms with van der Waals surface area (Å²) in [7, 11) is 1.46. The van der Waals surface area contributed by atoms with Crippen molar-refractivity contribution in [2.24, 2.45) is 0 Å². The molecular weight excluding hydrogens is 288 g/mol. The molecule has 3 N–H and O–H groups in total. The Morgan fingerprint density at radius 2 is 2.35 bits per heavy atom. The fourth-order valence-corrected chi connectivity index (χ4v) is 1.61. The van der Waals surface area contributed by atoms with Gasteiger partial charge in [0.15, 0.2) is 0 Å². The van der Waals surface area contributed by atoms with Gasteiger partial charge in [-0.25, -0.2) is 9.78 Å². The molecular formula is C11H13BrN2O3. The number of hydrogen-bond acceptors (Lipinski definition) is 4. The summed E-state index contributed by atoms with van der Waals surface area (Å²) < 4.78 is 5.66. The summed E-state index contributed by atoms with van der Waals surface area (Å²) >= 11 is 3.24. The summed E-state index contributed by atoms with van der Waals surface area (Å²) in [6, 6.07) is 0. The molecule has 1 aromatic heterocycles. The summed E-state index contributed by atoms with van der Waals surface area (Å²) in [5.74, 6) is -0.674. The Labute approximate surface area is 107 Å². The fraction of sp³-hybridized carbons (Fsp3) is 0.273. The standard InChI is InChI=1S/C11H13BrN2O3/c1-3-6(11(15)16)4-7-9(13)8(12)5-14-10(7)17-2/h4-5H,3H2,1-2H3,(H2,13,14)(H,15,16). The van der Waals surface area contributed by atoms with Gasteiger partial charge in [0.25, 0.3) is 0 Å². The number of methoxy groups -OCH3 is 1. The number of carboxylic acids is 1. The van der Waals surface area contributed by atoms with E-state index in [0.717, 1.165) is 0 Å². The van der Waals surface area contributed by atoms with E-state index in [2.05, 4.69) is 20.9 Å². The van der Waals surface area contributed by atoms with Crippen LogP contribution in [-0.2, 0) is 4.79 Å². The number of anilines is 1. The molecule has 0 saturated carbocycles. The van der Waals surface area contributed by atoms with Crippen molar-refractivity contribution < 1.29 is 14.6 Å². The van der Waals surface area contributed by atoms with Gasteiger partial charge in [0, 0.05) is 11.8 Å². The molecule has 0 aliphatic heterocycles. The number of aromatic nitrogens is 1. The minimum Gasteiger partial charge on any atom is -0.481 e. The Balaban J connectivity index is 3.38. The quantitative estimate of drug-likeness (QED) is 0.834. The molecule has 0 amide bonds. The van der Waals surface area contributed by atoms with Crippen LogP contribution in [0.4, 0.5) is 5.69 Å². The lowest BCUT2D eigenvalue weighted by Crippen LogP contribution is -2.02. The van der Waals surface area contributed by atoms with Crippen molar-refractivity contribution in [1.29, 1.82) is 0 Å². The number of aliphatic carboxylic acids is 1. The summed E-state index contributed by atoms with van der Waals surface area (Å²) in [5.41, 5.74) is 6.98. The van der Waals surface area contributed by atoms with Crippen molar-refractivity contribution in [3.63, 3.8) is 0 Å². The SMILES string of the molecule is CCC(=Cc1c(OC)ncc(Br)c1N)C(=O)O. The van der Waals surface area contributed by atoms with Crippen LogP contribution in [0.3, 0.4) is 0 Å². The Kier molecular flexibility index (Phi) is 4.51. The molecule has 0 unspecified atom stereocenters. The van der Waals surface area contributed by atoms with Crippen molar-refractivity contribution in [1.82, 2.24) is 4.98 Å². The zero-order valence-electron chi connectivity index (χ0n) is 9.53. The monoisotopic (exact) mass is 300 g/mol. The highest BCUT2D eigenvalue weighted by molar-refractivity contribution is 9.10. The second-order valence-corrected chi connectivity index (χ2v) is 4.13. The lowest BCUT2D eigenvalue weighted by molar-refractivity contribution is -0.132. The maximum absolute atomic E-state index is 10.9. The Morgan fingerprint density at radius 1 is 1.71 bits per heavy atom. The molecule has 0 bridgehead atoms. The van der Waals surface area contributed by atoms with Crippen LogP contribution in [0.1, 0.15) is 18.9 Å². The van der Waals surface area contributed by atoms with Crippen LogP contribution < -0.4 is 10.5 Å². The Bertz CT molecular complexity index is 472. The average molecular weight is 301 g/mol. The molecule has 1 rings (SSSR count).